The first-order chi connectivity index (χ1) is 18.6. The minimum atomic E-state index is -4.53. The Balaban J connectivity index is 1.77. The summed E-state index contributed by atoms with van der Waals surface area (Å²) in [4.78, 5) is 17.4. The Labute approximate surface area is 226 Å². The molecule has 0 aliphatic heterocycles. The lowest BCUT2D eigenvalue weighted by atomic mass is 10.1. The van der Waals surface area contributed by atoms with Crippen molar-refractivity contribution in [1.29, 1.82) is 0 Å². The topological polar surface area (TPSA) is 73.7 Å². The SMILES string of the molecule is C=C/C=C/C(=N\C(=C/C)N[C@@H](C)c1cccc(NC(=O)c2cccc(C(F)(F)F)c2)c1)c1ccc(CO)cc1. The van der Waals surface area contributed by atoms with Crippen LogP contribution in [0.25, 0.3) is 0 Å². The zero-order valence-corrected chi connectivity index (χ0v) is 21.7. The van der Waals surface area contributed by atoms with E-state index in [1.807, 2.05) is 56.3 Å². The molecule has 0 aromatic heterocycles. The van der Waals surface area contributed by atoms with Crippen molar-refractivity contribution in [2.24, 2.45) is 4.99 Å². The van der Waals surface area contributed by atoms with E-state index in [4.69, 9.17) is 4.99 Å². The minimum absolute atomic E-state index is 0.0477. The third-order valence-corrected chi connectivity index (χ3v) is 5.80. The first kappa shape index (κ1) is 29.1. The summed E-state index contributed by atoms with van der Waals surface area (Å²) in [6.07, 6.45) is 2.57. The van der Waals surface area contributed by atoms with Crippen LogP contribution in [0.2, 0.25) is 0 Å². The molecule has 8 heteroatoms. The molecule has 3 aromatic rings. The molecule has 0 aliphatic carbocycles. The minimum Gasteiger partial charge on any atom is -0.392 e. The Kier molecular flexibility index (Phi) is 10.0. The predicted molar refractivity (Wildman–Crippen MR) is 149 cm³/mol. The van der Waals surface area contributed by atoms with Crippen LogP contribution >= 0.6 is 0 Å². The largest absolute Gasteiger partial charge is 0.416 e. The fourth-order valence-electron chi connectivity index (χ4n) is 3.68. The second-order valence-corrected chi connectivity index (χ2v) is 8.64. The molecular weight excluding hydrogens is 503 g/mol. The van der Waals surface area contributed by atoms with Gasteiger partial charge in [-0.1, -0.05) is 61.2 Å². The maximum Gasteiger partial charge on any atom is 0.416 e. The summed E-state index contributed by atoms with van der Waals surface area (Å²) in [6.45, 7) is 7.46. The average Bonchev–Trinajstić information content (AvgIpc) is 2.94. The van der Waals surface area contributed by atoms with Crippen LogP contribution in [0.1, 0.15) is 52.5 Å². The first-order valence-electron chi connectivity index (χ1n) is 12.2. The van der Waals surface area contributed by atoms with Gasteiger partial charge in [-0.15, -0.1) is 0 Å². The van der Waals surface area contributed by atoms with E-state index in [2.05, 4.69) is 17.2 Å². The molecule has 0 unspecified atom stereocenters. The molecule has 1 atom stereocenters. The van der Waals surface area contributed by atoms with E-state index in [1.165, 1.54) is 12.1 Å². The van der Waals surface area contributed by atoms with E-state index in [0.29, 0.717) is 17.2 Å². The van der Waals surface area contributed by atoms with Crippen LogP contribution < -0.4 is 10.6 Å². The molecule has 0 fully saturated rings. The summed E-state index contributed by atoms with van der Waals surface area (Å²) in [5.41, 5.74) is 2.66. The summed E-state index contributed by atoms with van der Waals surface area (Å²) >= 11 is 0. The number of hydrogen-bond donors (Lipinski definition) is 3. The van der Waals surface area contributed by atoms with Crippen molar-refractivity contribution in [3.05, 3.63) is 137 Å². The van der Waals surface area contributed by atoms with Gasteiger partial charge in [-0.3, -0.25) is 4.79 Å². The molecular formula is C31H30F3N3O2. The van der Waals surface area contributed by atoms with Gasteiger partial charge >= 0.3 is 6.18 Å². The molecule has 0 saturated heterocycles. The molecule has 0 heterocycles. The van der Waals surface area contributed by atoms with Crippen LogP contribution in [0.15, 0.2) is 114 Å². The summed E-state index contributed by atoms with van der Waals surface area (Å²) in [5, 5.41) is 15.4. The summed E-state index contributed by atoms with van der Waals surface area (Å²) < 4.78 is 39.1. The third-order valence-electron chi connectivity index (χ3n) is 5.80. The molecule has 0 bridgehead atoms. The second kappa shape index (κ2) is 13.4. The molecule has 3 rings (SSSR count). The summed E-state index contributed by atoms with van der Waals surface area (Å²) in [7, 11) is 0. The van der Waals surface area contributed by atoms with Crippen molar-refractivity contribution in [1.82, 2.24) is 5.32 Å². The van der Waals surface area contributed by atoms with Gasteiger partial charge < -0.3 is 15.7 Å². The Morgan fingerprint density at radius 2 is 1.77 bits per heavy atom. The lowest BCUT2D eigenvalue weighted by molar-refractivity contribution is -0.137. The summed E-state index contributed by atoms with van der Waals surface area (Å²) in [5.74, 6) is -0.0284. The first-order valence-corrected chi connectivity index (χ1v) is 12.2. The van der Waals surface area contributed by atoms with Gasteiger partial charge in [-0.05, 0) is 67.5 Å². The maximum atomic E-state index is 13.0. The molecule has 0 aliphatic rings. The number of allylic oxidation sites excluding steroid dienone is 4. The molecule has 3 N–H and O–H groups in total. The molecule has 3 aromatic carbocycles. The number of alkyl halides is 3. The van der Waals surface area contributed by atoms with E-state index in [-0.39, 0.29) is 18.2 Å². The Bertz CT molecular complexity index is 1390. The number of carbonyl (C=O) groups is 1. The van der Waals surface area contributed by atoms with E-state index >= 15 is 0 Å². The van der Waals surface area contributed by atoms with Gasteiger partial charge in [-0.2, -0.15) is 13.2 Å². The number of anilines is 1. The Morgan fingerprint density at radius 3 is 2.41 bits per heavy atom. The molecule has 202 valence electrons. The van der Waals surface area contributed by atoms with Crippen molar-refractivity contribution >= 4 is 17.3 Å². The molecule has 0 radical (unpaired) electrons. The van der Waals surface area contributed by atoms with Crippen molar-refractivity contribution in [3.63, 3.8) is 0 Å². The lowest BCUT2D eigenvalue weighted by Gasteiger charge is -2.18. The van der Waals surface area contributed by atoms with Crippen molar-refractivity contribution < 1.29 is 23.1 Å². The molecule has 0 saturated carbocycles. The van der Waals surface area contributed by atoms with E-state index in [0.717, 1.165) is 28.8 Å². The van der Waals surface area contributed by atoms with Crippen molar-refractivity contribution in [2.45, 2.75) is 32.7 Å². The Hall–Kier alpha value is -4.43. The smallest absolute Gasteiger partial charge is 0.392 e. The average molecular weight is 534 g/mol. The number of carbonyl (C=O) groups excluding carboxylic acids is 1. The predicted octanol–water partition coefficient (Wildman–Crippen LogP) is 7.19. The number of nitrogens with one attached hydrogen (secondary N) is 2. The van der Waals surface area contributed by atoms with Gasteiger partial charge in [0.1, 0.15) is 5.82 Å². The number of aliphatic hydroxyl groups is 1. The zero-order valence-electron chi connectivity index (χ0n) is 21.7. The number of benzene rings is 3. The van der Waals surface area contributed by atoms with Crippen LogP contribution in [0.4, 0.5) is 18.9 Å². The van der Waals surface area contributed by atoms with Gasteiger partial charge in [0.15, 0.2) is 0 Å². The molecule has 0 spiro atoms. The third kappa shape index (κ3) is 8.28. The number of hydrogen-bond acceptors (Lipinski definition) is 4. The number of rotatable bonds is 10. The zero-order chi connectivity index (χ0) is 28.4. The van der Waals surface area contributed by atoms with Crippen molar-refractivity contribution in [2.75, 3.05) is 5.32 Å². The van der Waals surface area contributed by atoms with Crippen LogP contribution in [-0.2, 0) is 12.8 Å². The highest BCUT2D eigenvalue weighted by atomic mass is 19.4. The van der Waals surface area contributed by atoms with E-state index in [1.54, 1.807) is 30.4 Å². The summed E-state index contributed by atoms with van der Waals surface area (Å²) in [6, 6.07) is 18.6. The lowest BCUT2D eigenvalue weighted by Crippen LogP contribution is -2.19. The number of amides is 1. The highest BCUT2D eigenvalue weighted by Gasteiger charge is 2.30. The number of aliphatic hydroxyl groups excluding tert-OH is 1. The molecule has 5 nitrogen and oxygen atoms in total. The van der Waals surface area contributed by atoms with Gasteiger partial charge in [0.05, 0.1) is 23.9 Å². The number of halogens is 3. The second-order valence-electron chi connectivity index (χ2n) is 8.64. The quantitative estimate of drug-likeness (QED) is 0.191. The monoisotopic (exact) mass is 533 g/mol. The maximum absolute atomic E-state index is 13.0. The molecule has 1 amide bonds. The fourth-order valence-corrected chi connectivity index (χ4v) is 3.68. The van der Waals surface area contributed by atoms with Crippen LogP contribution in [-0.4, -0.2) is 16.7 Å². The van der Waals surface area contributed by atoms with Crippen LogP contribution in [0.3, 0.4) is 0 Å². The van der Waals surface area contributed by atoms with Gasteiger partial charge in [0.2, 0.25) is 0 Å². The van der Waals surface area contributed by atoms with Gasteiger partial charge in [0, 0.05) is 16.8 Å². The fraction of sp³-hybridized carbons (Fsp3) is 0.161. The highest BCUT2D eigenvalue weighted by Crippen LogP contribution is 2.30. The van der Waals surface area contributed by atoms with Gasteiger partial charge in [-0.25, -0.2) is 4.99 Å². The number of nitrogens with zero attached hydrogens (tertiary/aromatic N) is 1. The normalized spacial score (nSPS) is 13.3. The van der Waals surface area contributed by atoms with E-state index < -0.39 is 17.6 Å². The van der Waals surface area contributed by atoms with Crippen molar-refractivity contribution in [3.8, 4) is 0 Å². The Morgan fingerprint density at radius 1 is 1.05 bits per heavy atom. The van der Waals surface area contributed by atoms with Crippen LogP contribution in [0, 0.1) is 0 Å². The number of aliphatic imine (C=N–C) groups is 1. The highest BCUT2D eigenvalue weighted by molar-refractivity contribution is 6.09. The van der Waals surface area contributed by atoms with Crippen LogP contribution in [0.5, 0.6) is 0 Å². The molecule has 39 heavy (non-hydrogen) atoms. The van der Waals surface area contributed by atoms with E-state index in [9.17, 15) is 23.1 Å². The van der Waals surface area contributed by atoms with Gasteiger partial charge in [0.25, 0.3) is 5.91 Å². The standard InChI is InChI=1S/C31H30F3N3O2/c1-4-6-13-28(23-16-14-22(20-38)15-17-23)37-29(5-2)35-21(3)24-9-8-12-27(19-24)36-30(39)25-10-7-11-26(18-25)31(32,33)34/h4-19,21,35,38H,1,20H2,2-3H3,(H,36,39)/b13-6+,29-5-,37-28+/t21-/m0/s1.